The standard InChI is InChI=1S/C18H15N3O4S2/c22-13(10-5-7-11(8-6-10)21(24)25)9-26-18-19-16(23)15-12-3-1-2-4-14(12)27-17(15)20-18/h5-8H,1-4,9H2,(H,19,20,23). The van der Waals surface area contributed by atoms with Crippen molar-refractivity contribution in [3.63, 3.8) is 0 Å². The minimum Gasteiger partial charge on any atom is -0.301 e. The van der Waals surface area contributed by atoms with Gasteiger partial charge in [0.2, 0.25) is 0 Å². The first kappa shape index (κ1) is 17.9. The lowest BCUT2D eigenvalue weighted by molar-refractivity contribution is -0.384. The van der Waals surface area contributed by atoms with Gasteiger partial charge in [0.05, 0.1) is 16.1 Å². The molecule has 1 aromatic carbocycles. The van der Waals surface area contributed by atoms with E-state index in [2.05, 4.69) is 9.97 Å². The molecule has 0 fully saturated rings. The van der Waals surface area contributed by atoms with Gasteiger partial charge in [0.25, 0.3) is 11.2 Å². The fraction of sp³-hybridized carbons (Fsp3) is 0.278. The van der Waals surface area contributed by atoms with E-state index in [1.165, 1.54) is 40.9 Å². The van der Waals surface area contributed by atoms with Gasteiger partial charge < -0.3 is 4.98 Å². The third-order valence-corrected chi connectivity index (χ3v) is 6.60. The van der Waals surface area contributed by atoms with Crippen molar-refractivity contribution in [1.29, 1.82) is 0 Å². The van der Waals surface area contributed by atoms with E-state index in [4.69, 9.17) is 0 Å². The second-order valence-electron chi connectivity index (χ2n) is 6.28. The van der Waals surface area contributed by atoms with E-state index >= 15 is 0 Å². The van der Waals surface area contributed by atoms with Gasteiger partial charge in [-0.05, 0) is 43.4 Å². The summed E-state index contributed by atoms with van der Waals surface area (Å²) in [5.74, 6) is -0.0831. The number of Topliss-reactive ketones (excluding diaryl/α,β-unsaturated/α-hetero) is 1. The number of nitrogens with zero attached hydrogens (tertiary/aromatic N) is 2. The molecule has 0 unspecified atom stereocenters. The number of non-ortho nitro benzene ring substituents is 1. The van der Waals surface area contributed by atoms with E-state index in [1.54, 1.807) is 11.3 Å². The van der Waals surface area contributed by atoms with Crippen LogP contribution in [0.25, 0.3) is 10.2 Å². The van der Waals surface area contributed by atoms with Gasteiger partial charge in [-0.1, -0.05) is 11.8 Å². The first-order valence-corrected chi connectivity index (χ1v) is 10.3. The number of carbonyl (C=O) groups is 1. The summed E-state index contributed by atoms with van der Waals surface area (Å²) in [6.07, 6.45) is 4.16. The van der Waals surface area contributed by atoms with Crippen LogP contribution in [0.4, 0.5) is 5.69 Å². The maximum absolute atomic E-state index is 12.5. The van der Waals surface area contributed by atoms with Crippen LogP contribution in [-0.2, 0) is 12.8 Å². The predicted molar refractivity (Wildman–Crippen MR) is 105 cm³/mol. The highest BCUT2D eigenvalue weighted by Gasteiger charge is 2.20. The zero-order chi connectivity index (χ0) is 19.0. The van der Waals surface area contributed by atoms with Crippen LogP contribution in [0.3, 0.4) is 0 Å². The van der Waals surface area contributed by atoms with Crippen LogP contribution in [0.15, 0.2) is 34.2 Å². The lowest BCUT2D eigenvalue weighted by atomic mass is 9.97. The third-order valence-electron chi connectivity index (χ3n) is 4.54. The van der Waals surface area contributed by atoms with Crippen molar-refractivity contribution in [2.75, 3.05) is 5.75 Å². The van der Waals surface area contributed by atoms with Crippen LogP contribution >= 0.6 is 23.1 Å². The van der Waals surface area contributed by atoms with Gasteiger partial charge in [-0.2, -0.15) is 0 Å². The summed E-state index contributed by atoms with van der Waals surface area (Å²) in [6, 6.07) is 5.49. The second kappa shape index (κ2) is 7.24. The lowest BCUT2D eigenvalue weighted by Crippen LogP contribution is -2.12. The molecule has 0 spiro atoms. The Hall–Kier alpha value is -2.52. The zero-order valence-corrected chi connectivity index (χ0v) is 15.8. The quantitative estimate of drug-likeness (QED) is 0.229. The van der Waals surface area contributed by atoms with E-state index < -0.39 is 4.92 Å². The monoisotopic (exact) mass is 401 g/mol. The number of ketones is 1. The summed E-state index contributed by atoms with van der Waals surface area (Å²) >= 11 is 2.74. The molecule has 9 heteroatoms. The molecule has 2 heterocycles. The number of aromatic nitrogens is 2. The van der Waals surface area contributed by atoms with E-state index in [0.717, 1.165) is 36.1 Å². The largest absolute Gasteiger partial charge is 0.301 e. The Balaban J connectivity index is 1.52. The molecule has 0 saturated carbocycles. The van der Waals surface area contributed by atoms with Gasteiger partial charge in [0, 0.05) is 22.6 Å². The Morgan fingerprint density at radius 1 is 1.26 bits per heavy atom. The molecular formula is C18H15N3O4S2. The number of H-pyrrole nitrogens is 1. The normalized spacial score (nSPS) is 13.5. The summed E-state index contributed by atoms with van der Waals surface area (Å²) in [7, 11) is 0. The van der Waals surface area contributed by atoms with Crippen molar-refractivity contribution in [3.8, 4) is 0 Å². The molecule has 0 amide bonds. The van der Waals surface area contributed by atoms with Crippen LogP contribution in [0, 0.1) is 10.1 Å². The van der Waals surface area contributed by atoms with E-state index in [0.29, 0.717) is 16.1 Å². The number of hydrogen-bond donors (Lipinski definition) is 1. The second-order valence-corrected chi connectivity index (χ2v) is 8.33. The highest BCUT2D eigenvalue weighted by Crippen LogP contribution is 2.34. The Labute approximate surface area is 162 Å². The Morgan fingerprint density at radius 3 is 2.74 bits per heavy atom. The summed E-state index contributed by atoms with van der Waals surface area (Å²) in [4.78, 5) is 44.3. The number of aryl methyl sites for hydroxylation is 2. The molecule has 7 nitrogen and oxygen atoms in total. The molecule has 1 aliphatic carbocycles. The molecule has 0 aliphatic heterocycles. The van der Waals surface area contributed by atoms with Crippen molar-refractivity contribution in [1.82, 2.24) is 9.97 Å². The highest BCUT2D eigenvalue weighted by molar-refractivity contribution is 7.99. The number of nitro groups is 1. The number of hydrogen-bond acceptors (Lipinski definition) is 7. The van der Waals surface area contributed by atoms with Crippen molar-refractivity contribution in [2.24, 2.45) is 0 Å². The SMILES string of the molecule is O=C(CSc1nc2sc3c(c2c(=O)[nH]1)CCCC3)c1ccc([N+](=O)[O-])cc1. The number of carbonyl (C=O) groups excluding carboxylic acids is 1. The first-order valence-electron chi connectivity index (χ1n) is 8.48. The smallest absolute Gasteiger partial charge is 0.269 e. The van der Waals surface area contributed by atoms with Gasteiger partial charge in [-0.15, -0.1) is 11.3 Å². The highest BCUT2D eigenvalue weighted by atomic mass is 32.2. The molecule has 0 radical (unpaired) electrons. The molecular weight excluding hydrogens is 386 g/mol. The molecule has 0 saturated heterocycles. The maximum atomic E-state index is 12.5. The first-order chi connectivity index (χ1) is 13.0. The number of fused-ring (bicyclic) bond motifs is 3. The minimum absolute atomic E-state index is 0.0580. The molecule has 1 aliphatic rings. The topological polar surface area (TPSA) is 106 Å². The number of aromatic amines is 1. The molecule has 138 valence electrons. The fourth-order valence-electron chi connectivity index (χ4n) is 3.20. The zero-order valence-electron chi connectivity index (χ0n) is 14.2. The van der Waals surface area contributed by atoms with Gasteiger partial charge in [-0.3, -0.25) is 19.7 Å². The van der Waals surface area contributed by atoms with Crippen molar-refractivity contribution in [2.45, 2.75) is 30.8 Å². The lowest BCUT2D eigenvalue weighted by Gasteiger charge is -2.09. The number of rotatable bonds is 5. The Kier molecular flexibility index (Phi) is 4.79. The van der Waals surface area contributed by atoms with Crippen LogP contribution in [-0.4, -0.2) is 26.4 Å². The number of benzene rings is 1. The van der Waals surface area contributed by atoms with Crippen molar-refractivity contribution < 1.29 is 9.72 Å². The van der Waals surface area contributed by atoms with E-state index in [-0.39, 0.29) is 22.8 Å². The van der Waals surface area contributed by atoms with E-state index in [1.807, 2.05) is 0 Å². The molecule has 3 aromatic rings. The van der Waals surface area contributed by atoms with Gasteiger partial charge in [0.1, 0.15) is 4.83 Å². The summed E-state index contributed by atoms with van der Waals surface area (Å²) < 4.78 is 0. The number of thioether (sulfide) groups is 1. The number of thiophene rings is 1. The van der Waals surface area contributed by atoms with Crippen LogP contribution in [0.5, 0.6) is 0 Å². The number of nitrogens with one attached hydrogen (secondary N) is 1. The fourth-order valence-corrected chi connectivity index (χ4v) is 5.27. The van der Waals surface area contributed by atoms with Crippen LogP contribution < -0.4 is 5.56 Å². The minimum atomic E-state index is -0.506. The van der Waals surface area contributed by atoms with E-state index in [9.17, 15) is 19.7 Å². The summed E-state index contributed by atoms with van der Waals surface area (Å²) in [5, 5.41) is 11.8. The molecule has 4 rings (SSSR count). The van der Waals surface area contributed by atoms with Crippen molar-refractivity contribution >= 4 is 44.8 Å². The van der Waals surface area contributed by atoms with Crippen LogP contribution in [0.2, 0.25) is 0 Å². The molecule has 1 N–H and O–H groups in total. The molecule has 27 heavy (non-hydrogen) atoms. The van der Waals surface area contributed by atoms with Crippen LogP contribution in [0.1, 0.15) is 33.6 Å². The summed E-state index contributed by atoms with van der Waals surface area (Å²) in [5.41, 5.74) is 1.32. The van der Waals surface area contributed by atoms with Gasteiger partial charge in [0.15, 0.2) is 10.9 Å². The average Bonchev–Trinajstić information content (AvgIpc) is 3.05. The number of nitro benzene ring substituents is 1. The third kappa shape index (κ3) is 3.52. The average molecular weight is 401 g/mol. The van der Waals surface area contributed by atoms with Crippen molar-refractivity contribution in [3.05, 3.63) is 60.7 Å². The predicted octanol–water partition coefficient (Wildman–Crippen LogP) is 3.75. The summed E-state index contributed by atoms with van der Waals surface area (Å²) in [6.45, 7) is 0. The molecule has 2 aromatic heterocycles. The Bertz CT molecular complexity index is 1100. The molecule has 0 bridgehead atoms. The molecule has 0 atom stereocenters. The van der Waals surface area contributed by atoms with Gasteiger partial charge in [-0.25, -0.2) is 4.98 Å². The maximum Gasteiger partial charge on any atom is 0.269 e. The van der Waals surface area contributed by atoms with Gasteiger partial charge >= 0.3 is 0 Å². The Morgan fingerprint density at radius 2 is 2.00 bits per heavy atom.